The molecular weight excluding hydrogens is 322 g/mol. The van der Waals surface area contributed by atoms with Crippen LogP contribution in [0.2, 0.25) is 0 Å². The van der Waals surface area contributed by atoms with E-state index in [1.807, 2.05) is 13.8 Å². The van der Waals surface area contributed by atoms with Gasteiger partial charge in [-0.25, -0.2) is 13.4 Å². The summed E-state index contributed by atoms with van der Waals surface area (Å²) >= 11 is 1.57. The molecule has 114 valence electrons. The lowest BCUT2D eigenvalue weighted by Gasteiger charge is -1.98. The van der Waals surface area contributed by atoms with Gasteiger partial charge in [-0.1, -0.05) is 5.16 Å². The highest BCUT2D eigenvalue weighted by molar-refractivity contribution is 7.90. The van der Waals surface area contributed by atoms with Crippen LogP contribution in [0.25, 0.3) is 23.0 Å². The first-order chi connectivity index (χ1) is 10.3. The number of hydrogen-bond donors (Lipinski definition) is 0. The van der Waals surface area contributed by atoms with Crippen LogP contribution in [0.1, 0.15) is 9.88 Å². The van der Waals surface area contributed by atoms with Crippen LogP contribution < -0.4 is 0 Å². The topological polar surface area (TPSA) is 86.0 Å². The highest BCUT2D eigenvalue weighted by Crippen LogP contribution is 2.28. The van der Waals surface area contributed by atoms with E-state index in [0.29, 0.717) is 23.0 Å². The van der Waals surface area contributed by atoms with Crippen molar-refractivity contribution >= 4 is 21.2 Å². The van der Waals surface area contributed by atoms with E-state index >= 15 is 0 Å². The molecule has 1 aromatic carbocycles. The highest BCUT2D eigenvalue weighted by Gasteiger charge is 2.16. The zero-order chi connectivity index (χ0) is 15.9. The smallest absolute Gasteiger partial charge is 0.277 e. The molecule has 0 saturated heterocycles. The van der Waals surface area contributed by atoms with E-state index in [-0.39, 0.29) is 4.90 Å². The zero-order valence-corrected chi connectivity index (χ0v) is 13.8. The molecule has 0 bridgehead atoms. The second kappa shape index (κ2) is 5.29. The van der Waals surface area contributed by atoms with Crippen molar-refractivity contribution in [3.05, 3.63) is 34.2 Å². The van der Waals surface area contributed by atoms with E-state index in [9.17, 15) is 8.42 Å². The number of sulfone groups is 1. The van der Waals surface area contributed by atoms with E-state index in [1.165, 1.54) is 18.4 Å². The Bertz CT molecular complexity index is 925. The summed E-state index contributed by atoms with van der Waals surface area (Å²) in [6, 6.07) is 6.37. The molecule has 0 radical (unpaired) electrons. The summed E-state index contributed by atoms with van der Waals surface area (Å²) in [6.07, 6.45) is 1.17. The second-order valence-corrected chi connectivity index (χ2v) is 8.28. The summed E-state index contributed by atoms with van der Waals surface area (Å²) in [5.74, 6) is 0.768. The van der Waals surface area contributed by atoms with E-state index < -0.39 is 9.84 Å². The van der Waals surface area contributed by atoms with Crippen LogP contribution in [0.5, 0.6) is 0 Å². The van der Waals surface area contributed by atoms with Crippen LogP contribution in [-0.2, 0) is 9.84 Å². The average Bonchev–Trinajstić information content (AvgIpc) is 3.04. The molecule has 0 aliphatic carbocycles. The Labute approximate surface area is 131 Å². The number of aryl methyl sites for hydroxylation is 2. The Morgan fingerprint density at radius 3 is 2.32 bits per heavy atom. The molecule has 0 aliphatic rings. The third-order valence-corrected chi connectivity index (χ3v) is 5.09. The Balaban J connectivity index is 1.96. The standard InChI is InChI=1S/C14H13N3O3S2/c1-8-12(15-9(2)21-8)14-16-13(17-20-14)10-4-6-11(7-5-10)22(3,18)19/h4-7H,1-3H3. The lowest BCUT2D eigenvalue weighted by Crippen LogP contribution is -1.96. The van der Waals surface area contributed by atoms with Gasteiger partial charge in [0, 0.05) is 16.7 Å². The first-order valence-electron chi connectivity index (χ1n) is 6.43. The molecule has 3 rings (SSSR count). The van der Waals surface area contributed by atoms with E-state index in [0.717, 1.165) is 9.88 Å². The average molecular weight is 335 g/mol. The minimum Gasteiger partial charge on any atom is -0.332 e. The molecule has 8 heteroatoms. The molecule has 0 unspecified atom stereocenters. The fourth-order valence-corrected chi connectivity index (χ4v) is 3.46. The van der Waals surface area contributed by atoms with Crippen molar-refractivity contribution in [3.63, 3.8) is 0 Å². The summed E-state index contributed by atoms with van der Waals surface area (Å²) < 4.78 is 28.2. The largest absolute Gasteiger partial charge is 0.332 e. The minimum atomic E-state index is -3.22. The van der Waals surface area contributed by atoms with Crippen molar-refractivity contribution in [3.8, 4) is 23.0 Å². The summed E-state index contributed by atoms with van der Waals surface area (Å²) in [6.45, 7) is 3.87. The van der Waals surface area contributed by atoms with Crippen LogP contribution in [0.3, 0.4) is 0 Å². The first-order valence-corrected chi connectivity index (χ1v) is 9.14. The molecule has 0 spiro atoms. The SMILES string of the molecule is Cc1nc(-c2nc(-c3ccc(S(C)(=O)=O)cc3)no2)c(C)s1. The number of aromatic nitrogens is 3. The molecule has 0 aliphatic heterocycles. The van der Waals surface area contributed by atoms with E-state index in [1.54, 1.807) is 23.5 Å². The monoisotopic (exact) mass is 335 g/mol. The van der Waals surface area contributed by atoms with E-state index in [2.05, 4.69) is 15.1 Å². The van der Waals surface area contributed by atoms with Gasteiger partial charge in [0.2, 0.25) is 5.82 Å². The van der Waals surface area contributed by atoms with Gasteiger partial charge >= 0.3 is 0 Å². The number of nitrogens with zero attached hydrogens (tertiary/aromatic N) is 3. The maximum Gasteiger partial charge on any atom is 0.277 e. The first kappa shape index (κ1) is 14.9. The van der Waals surface area contributed by atoms with Crippen molar-refractivity contribution < 1.29 is 12.9 Å². The van der Waals surface area contributed by atoms with Crippen molar-refractivity contribution in [1.29, 1.82) is 0 Å². The molecule has 22 heavy (non-hydrogen) atoms. The van der Waals surface area contributed by atoms with Gasteiger partial charge in [-0.3, -0.25) is 0 Å². The summed E-state index contributed by atoms with van der Waals surface area (Å²) in [5, 5.41) is 4.87. The number of hydrogen-bond acceptors (Lipinski definition) is 7. The van der Waals surface area contributed by atoms with Crippen LogP contribution in [0, 0.1) is 13.8 Å². The van der Waals surface area contributed by atoms with Gasteiger partial charge < -0.3 is 4.52 Å². The van der Waals surface area contributed by atoms with Crippen LogP contribution in [-0.4, -0.2) is 29.8 Å². The molecule has 0 saturated carbocycles. The van der Waals surface area contributed by atoms with Gasteiger partial charge in [-0.05, 0) is 38.1 Å². The quantitative estimate of drug-likeness (QED) is 0.731. The van der Waals surface area contributed by atoms with Gasteiger partial charge in [-0.15, -0.1) is 11.3 Å². The predicted octanol–water partition coefficient (Wildman–Crippen LogP) is 2.88. The fourth-order valence-electron chi connectivity index (χ4n) is 2.02. The fraction of sp³-hybridized carbons (Fsp3) is 0.214. The van der Waals surface area contributed by atoms with Crippen LogP contribution in [0.4, 0.5) is 0 Å². The molecular formula is C14H13N3O3S2. The Hall–Kier alpha value is -2.06. The van der Waals surface area contributed by atoms with Gasteiger partial charge in [0.25, 0.3) is 5.89 Å². The van der Waals surface area contributed by atoms with Crippen LogP contribution >= 0.6 is 11.3 Å². The van der Waals surface area contributed by atoms with Crippen LogP contribution in [0.15, 0.2) is 33.7 Å². The molecule has 0 amide bonds. The van der Waals surface area contributed by atoms with E-state index in [4.69, 9.17) is 4.52 Å². The molecule has 0 fully saturated rings. The summed E-state index contributed by atoms with van der Waals surface area (Å²) in [4.78, 5) is 9.98. The maximum absolute atomic E-state index is 11.5. The third-order valence-electron chi connectivity index (χ3n) is 3.07. The highest BCUT2D eigenvalue weighted by atomic mass is 32.2. The normalized spacial score (nSPS) is 11.8. The Morgan fingerprint density at radius 1 is 1.09 bits per heavy atom. The predicted molar refractivity (Wildman–Crippen MR) is 83.4 cm³/mol. The lowest BCUT2D eigenvalue weighted by atomic mass is 10.2. The number of thiazole rings is 1. The molecule has 0 N–H and O–H groups in total. The molecule has 6 nitrogen and oxygen atoms in total. The molecule has 3 aromatic rings. The van der Waals surface area contributed by atoms with Crippen molar-refractivity contribution in [1.82, 2.24) is 15.1 Å². The molecule has 0 atom stereocenters. The van der Waals surface area contributed by atoms with Gasteiger partial charge in [0.05, 0.1) is 9.90 Å². The third kappa shape index (κ3) is 2.79. The van der Waals surface area contributed by atoms with Gasteiger partial charge in [0.1, 0.15) is 5.69 Å². The summed E-state index contributed by atoms with van der Waals surface area (Å²) in [5.41, 5.74) is 1.38. The number of benzene rings is 1. The molecule has 2 aromatic heterocycles. The second-order valence-electron chi connectivity index (χ2n) is 4.86. The lowest BCUT2D eigenvalue weighted by molar-refractivity contribution is 0.431. The maximum atomic E-state index is 11.5. The zero-order valence-electron chi connectivity index (χ0n) is 12.2. The Morgan fingerprint density at radius 2 is 1.77 bits per heavy atom. The minimum absolute atomic E-state index is 0.255. The summed E-state index contributed by atoms with van der Waals surface area (Å²) in [7, 11) is -3.22. The Kier molecular flexibility index (Phi) is 3.57. The molecule has 2 heterocycles. The van der Waals surface area contributed by atoms with Crippen molar-refractivity contribution in [2.75, 3.05) is 6.26 Å². The van der Waals surface area contributed by atoms with Crippen molar-refractivity contribution in [2.45, 2.75) is 18.7 Å². The van der Waals surface area contributed by atoms with Crippen molar-refractivity contribution in [2.24, 2.45) is 0 Å². The van der Waals surface area contributed by atoms with Gasteiger partial charge in [0.15, 0.2) is 9.84 Å². The van der Waals surface area contributed by atoms with Gasteiger partial charge in [-0.2, -0.15) is 4.98 Å². The number of rotatable bonds is 3.